The van der Waals surface area contributed by atoms with Crippen LogP contribution in [-0.2, 0) is 10.0 Å². The molecule has 1 fully saturated rings. The molecule has 0 spiro atoms. The molecule has 1 heterocycles. The fraction of sp³-hybridized carbons (Fsp3) is 0.750. The summed E-state index contributed by atoms with van der Waals surface area (Å²) in [5.74, 6) is 0.931. The van der Waals surface area contributed by atoms with Crippen LogP contribution >= 0.6 is 0 Å². The first kappa shape index (κ1) is 14.5. The van der Waals surface area contributed by atoms with Gasteiger partial charge < -0.3 is 9.42 Å². The Kier molecular flexibility index (Phi) is 3.98. The largest absolute Gasteiger partial charge is 0.360 e. The van der Waals surface area contributed by atoms with Crippen molar-refractivity contribution in [3.63, 3.8) is 0 Å². The molecule has 0 bridgehead atoms. The van der Waals surface area contributed by atoms with Gasteiger partial charge in [0.1, 0.15) is 10.6 Å². The van der Waals surface area contributed by atoms with Crippen LogP contribution in [0, 0.1) is 19.8 Å². The molecule has 2 rings (SSSR count). The number of likely N-dealkylation sites (N-methyl/N-ethyl adjacent to an activating group) is 1. The lowest BCUT2D eigenvalue weighted by Gasteiger charge is -2.24. The molecule has 7 heteroatoms. The molecule has 6 nitrogen and oxygen atoms in total. The molecule has 1 aliphatic rings. The number of nitrogens with zero attached hydrogens (tertiary/aromatic N) is 2. The molecule has 0 radical (unpaired) electrons. The van der Waals surface area contributed by atoms with Gasteiger partial charge in [0.15, 0.2) is 5.76 Å². The van der Waals surface area contributed by atoms with Crippen LogP contribution in [0.2, 0.25) is 0 Å². The van der Waals surface area contributed by atoms with Gasteiger partial charge >= 0.3 is 0 Å². The van der Waals surface area contributed by atoms with Crippen molar-refractivity contribution in [3.8, 4) is 0 Å². The van der Waals surface area contributed by atoms with Gasteiger partial charge in [0.05, 0.1) is 0 Å². The average Bonchev–Trinajstić information content (AvgIpc) is 3.04. The minimum absolute atomic E-state index is 0.167. The highest BCUT2D eigenvalue weighted by atomic mass is 32.2. The van der Waals surface area contributed by atoms with Gasteiger partial charge in [-0.1, -0.05) is 5.16 Å². The number of aryl methyl sites for hydroxylation is 2. The van der Waals surface area contributed by atoms with Crippen LogP contribution in [0.4, 0.5) is 0 Å². The highest BCUT2D eigenvalue weighted by Crippen LogP contribution is 2.34. The van der Waals surface area contributed by atoms with Gasteiger partial charge in [-0.25, -0.2) is 13.1 Å². The molecule has 1 N–H and O–H groups in total. The van der Waals surface area contributed by atoms with Crippen LogP contribution in [0.25, 0.3) is 0 Å². The Morgan fingerprint density at radius 2 is 2.05 bits per heavy atom. The van der Waals surface area contributed by atoms with E-state index >= 15 is 0 Å². The van der Waals surface area contributed by atoms with Gasteiger partial charge in [0, 0.05) is 12.6 Å². The lowest BCUT2D eigenvalue weighted by molar-refractivity contribution is 0.265. The van der Waals surface area contributed by atoms with Crippen LogP contribution < -0.4 is 4.72 Å². The first-order valence-corrected chi connectivity index (χ1v) is 7.90. The standard InChI is InChI=1S/C12H21N3O3S/c1-8-12(9(2)18-14-8)19(16,17)13-7-11(15(3)4)10-5-6-10/h10-11,13H,5-7H2,1-4H3/t11-/m0/s1. The van der Waals surface area contributed by atoms with Crippen molar-refractivity contribution >= 4 is 10.0 Å². The maximum absolute atomic E-state index is 12.3. The number of aromatic nitrogens is 1. The number of sulfonamides is 1. The van der Waals surface area contributed by atoms with Crippen LogP contribution in [0.15, 0.2) is 9.42 Å². The number of hydrogen-bond donors (Lipinski definition) is 1. The summed E-state index contributed by atoms with van der Waals surface area (Å²) in [6.07, 6.45) is 2.35. The fourth-order valence-electron chi connectivity index (χ4n) is 2.38. The Balaban J connectivity index is 2.09. The second-order valence-corrected chi connectivity index (χ2v) is 7.08. The molecule has 1 aromatic rings. The van der Waals surface area contributed by atoms with Gasteiger partial charge in [-0.05, 0) is 46.7 Å². The first-order valence-electron chi connectivity index (χ1n) is 6.42. The van der Waals surface area contributed by atoms with Crippen molar-refractivity contribution in [2.75, 3.05) is 20.6 Å². The van der Waals surface area contributed by atoms with E-state index in [2.05, 4.69) is 14.8 Å². The zero-order valence-corrected chi connectivity index (χ0v) is 12.6. The summed E-state index contributed by atoms with van der Waals surface area (Å²) >= 11 is 0. The molecule has 1 aliphatic carbocycles. The summed E-state index contributed by atoms with van der Waals surface area (Å²) in [7, 11) is 0.413. The quantitative estimate of drug-likeness (QED) is 0.841. The van der Waals surface area contributed by atoms with Crippen LogP contribution in [-0.4, -0.2) is 45.2 Å². The van der Waals surface area contributed by atoms with Crippen LogP contribution in [0.3, 0.4) is 0 Å². The number of rotatable bonds is 6. The second kappa shape index (κ2) is 5.22. The highest BCUT2D eigenvalue weighted by Gasteiger charge is 2.34. The van der Waals surface area contributed by atoms with E-state index in [1.54, 1.807) is 13.8 Å². The van der Waals surface area contributed by atoms with Gasteiger partial charge in [0.25, 0.3) is 0 Å². The van der Waals surface area contributed by atoms with E-state index in [0.717, 1.165) is 0 Å². The Morgan fingerprint density at radius 1 is 1.42 bits per heavy atom. The molecule has 19 heavy (non-hydrogen) atoms. The molecule has 0 amide bonds. The van der Waals surface area contributed by atoms with Crippen LogP contribution in [0.1, 0.15) is 24.3 Å². The van der Waals surface area contributed by atoms with Crippen molar-refractivity contribution in [2.24, 2.45) is 5.92 Å². The predicted molar refractivity (Wildman–Crippen MR) is 71.4 cm³/mol. The lowest BCUT2D eigenvalue weighted by atomic mass is 10.2. The second-order valence-electron chi connectivity index (χ2n) is 5.37. The van der Waals surface area contributed by atoms with E-state index in [9.17, 15) is 8.42 Å². The third-order valence-electron chi connectivity index (χ3n) is 3.55. The van der Waals surface area contributed by atoms with E-state index in [0.29, 0.717) is 23.9 Å². The van der Waals surface area contributed by atoms with E-state index in [4.69, 9.17) is 4.52 Å². The Labute approximate surface area is 114 Å². The van der Waals surface area contributed by atoms with Crippen molar-refractivity contribution in [3.05, 3.63) is 11.5 Å². The highest BCUT2D eigenvalue weighted by molar-refractivity contribution is 7.89. The van der Waals surface area contributed by atoms with Crippen molar-refractivity contribution in [1.29, 1.82) is 0 Å². The summed E-state index contributed by atoms with van der Waals surface area (Å²) in [4.78, 5) is 2.24. The maximum Gasteiger partial charge on any atom is 0.246 e. The van der Waals surface area contributed by atoms with Gasteiger partial charge in [-0.3, -0.25) is 0 Å². The average molecular weight is 287 g/mol. The van der Waals surface area contributed by atoms with Crippen molar-refractivity contribution in [2.45, 2.75) is 37.6 Å². The maximum atomic E-state index is 12.3. The van der Waals surface area contributed by atoms with Gasteiger partial charge in [-0.15, -0.1) is 0 Å². The smallest absolute Gasteiger partial charge is 0.246 e. The molecule has 0 unspecified atom stereocenters. The molecule has 0 aliphatic heterocycles. The summed E-state index contributed by atoms with van der Waals surface area (Å²) in [6, 6.07) is 0.246. The molecule has 1 atom stereocenters. The molecular formula is C12H21N3O3S. The summed E-state index contributed by atoms with van der Waals surface area (Å²) in [5.41, 5.74) is 0.401. The SMILES string of the molecule is Cc1noc(C)c1S(=O)(=O)NC[C@@H](C1CC1)N(C)C. The minimum Gasteiger partial charge on any atom is -0.360 e. The molecule has 1 aromatic heterocycles. The number of hydrogen-bond acceptors (Lipinski definition) is 5. The molecule has 0 saturated heterocycles. The lowest BCUT2D eigenvalue weighted by Crippen LogP contribution is -2.41. The summed E-state index contributed by atoms with van der Waals surface area (Å²) in [6.45, 7) is 3.67. The normalized spacial score (nSPS) is 17.9. The van der Waals surface area contributed by atoms with E-state index in [1.807, 2.05) is 14.1 Å². The van der Waals surface area contributed by atoms with Gasteiger partial charge in [0.2, 0.25) is 10.0 Å². The first-order chi connectivity index (χ1) is 8.83. The Hall–Kier alpha value is -0.920. The van der Waals surface area contributed by atoms with Crippen LogP contribution in [0.5, 0.6) is 0 Å². The zero-order valence-electron chi connectivity index (χ0n) is 11.8. The van der Waals surface area contributed by atoms with Crippen molar-refractivity contribution < 1.29 is 12.9 Å². The summed E-state index contributed by atoms with van der Waals surface area (Å²) in [5, 5.41) is 3.69. The molecule has 1 saturated carbocycles. The topological polar surface area (TPSA) is 75.4 Å². The number of nitrogens with one attached hydrogen (secondary N) is 1. The Morgan fingerprint density at radius 3 is 2.47 bits per heavy atom. The predicted octanol–water partition coefficient (Wildman–Crippen LogP) is 0.910. The monoisotopic (exact) mass is 287 g/mol. The third-order valence-corrected chi connectivity index (χ3v) is 5.22. The third kappa shape index (κ3) is 3.16. The molecule has 108 valence electrons. The van der Waals surface area contributed by atoms with Crippen molar-refractivity contribution in [1.82, 2.24) is 14.8 Å². The van der Waals surface area contributed by atoms with E-state index < -0.39 is 10.0 Å². The van der Waals surface area contributed by atoms with E-state index in [1.165, 1.54) is 12.8 Å². The fourth-order valence-corrected chi connectivity index (χ4v) is 3.75. The minimum atomic E-state index is -3.55. The summed E-state index contributed by atoms with van der Waals surface area (Å²) < 4.78 is 32.1. The zero-order chi connectivity index (χ0) is 14.2. The Bertz CT molecular complexity index is 525. The van der Waals surface area contributed by atoms with E-state index in [-0.39, 0.29) is 10.9 Å². The van der Waals surface area contributed by atoms with Gasteiger partial charge in [-0.2, -0.15) is 0 Å². The molecule has 0 aromatic carbocycles. The molecular weight excluding hydrogens is 266 g/mol.